The zero-order chi connectivity index (χ0) is 46.6. The first-order valence-corrected chi connectivity index (χ1v) is 23.9. The standard InChI is InChI=1S/C66H56N2/c1-65(2,3)49-41-48(42-50(44-49)66(4,5)6)54-34-20-25-46-26-21-36-58(63(46)54)56-32-14-17-39-61(56)67(60-38-16-13-31-53(60)45-23-9-7-10-24-45)52-30-19-27-47(43-52)55-35-22-37-59-57-33-15-18-40-62(57)68(64(55)59)51-28-11-8-12-29-51/h7-44H,1-6H3. The Morgan fingerprint density at radius 2 is 0.868 bits per heavy atom. The molecule has 330 valence electrons. The second-order valence-electron chi connectivity index (χ2n) is 20.2. The van der Waals surface area contributed by atoms with Gasteiger partial charge in [0.05, 0.1) is 22.4 Å². The van der Waals surface area contributed by atoms with Crippen molar-refractivity contribution in [3.63, 3.8) is 0 Å². The minimum absolute atomic E-state index is 0.0130. The van der Waals surface area contributed by atoms with Crippen LogP contribution in [0.1, 0.15) is 52.7 Å². The molecule has 2 nitrogen and oxygen atoms in total. The molecule has 0 amide bonds. The largest absolute Gasteiger partial charge is 0.309 e. The first kappa shape index (κ1) is 42.7. The lowest BCUT2D eigenvalue weighted by atomic mass is 9.78. The Labute approximate surface area is 401 Å². The summed E-state index contributed by atoms with van der Waals surface area (Å²) in [6.07, 6.45) is 0. The van der Waals surface area contributed by atoms with Crippen molar-refractivity contribution in [3.05, 3.63) is 242 Å². The third-order valence-electron chi connectivity index (χ3n) is 13.7. The Morgan fingerprint density at radius 1 is 0.353 bits per heavy atom. The molecule has 1 aromatic heterocycles. The summed E-state index contributed by atoms with van der Waals surface area (Å²) in [7, 11) is 0. The molecule has 68 heavy (non-hydrogen) atoms. The van der Waals surface area contributed by atoms with E-state index in [0.29, 0.717) is 0 Å². The smallest absolute Gasteiger partial charge is 0.0619 e. The van der Waals surface area contributed by atoms with Gasteiger partial charge in [-0.2, -0.15) is 0 Å². The predicted octanol–water partition coefficient (Wildman–Crippen LogP) is 18.7. The summed E-state index contributed by atoms with van der Waals surface area (Å²) in [5.41, 5.74) is 19.0. The molecule has 0 unspecified atom stereocenters. The third-order valence-corrected chi connectivity index (χ3v) is 13.7. The van der Waals surface area contributed by atoms with Gasteiger partial charge in [-0.25, -0.2) is 0 Å². The maximum Gasteiger partial charge on any atom is 0.0619 e. The molecule has 10 aromatic carbocycles. The van der Waals surface area contributed by atoms with Crippen LogP contribution in [0.2, 0.25) is 0 Å². The van der Waals surface area contributed by atoms with Crippen molar-refractivity contribution in [2.24, 2.45) is 0 Å². The van der Waals surface area contributed by atoms with E-state index in [9.17, 15) is 0 Å². The van der Waals surface area contributed by atoms with Gasteiger partial charge < -0.3 is 9.47 Å². The van der Waals surface area contributed by atoms with E-state index in [0.717, 1.165) is 39.4 Å². The molecule has 0 aliphatic heterocycles. The highest BCUT2D eigenvalue weighted by Gasteiger charge is 2.25. The van der Waals surface area contributed by atoms with E-state index in [4.69, 9.17) is 0 Å². The number of hydrogen-bond acceptors (Lipinski definition) is 1. The van der Waals surface area contributed by atoms with Gasteiger partial charge in [0.2, 0.25) is 0 Å². The van der Waals surface area contributed by atoms with Crippen molar-refractivity contribution in [2.75, 3.05) is 4.90 Å². The molecule has 0 aliphatic rings. The van der Waals surface area contributed by atoms with E-state index in [1.54, 1.807) is 0 Å². The first-order chi connectivity index (χ1) is 33.0. The molecule has 0 spiro atoms. The second kappa shape index (κ2) is 17.0. The van der Waals surface area contributed by atoms with Crippen LogP contribution in [0.4, 0.5) is 17.1 Å². The molecular formula is C66H56N2. The molecular weight excluding hydrogens is 821 g/mol. The average Bonchev–Trinajstić information content (AvgIpc) is 3.71. The highest BCUT2D eigenvalue weighted by molar-refractivity contribution is 6.14. The Hall–Kier alpha value is -7.94. The lowest BCUT2D eigenvalue weighted by molar-refractivity contribution is 0.569. The number of aromatic nitrogens is 1. The SMILES string of the molecule is CC(C)(C)c1cc(-c2cccc3cccc(-c4ccccc4N(c4cccc(-c5cccc6c7ccccc7n(-c7ccccc7)c56)c4)c4ccccc4-c4ccccc4)c23)cc(C(C)(C)C)c1. The molecule has 2 heteroatoms. The fourth-order valence-electron chi connectivity index (χ4n) is 10.2. The van der Waals surface area contributed by atoms with Crippen LogP contribution in [0.5, 0.6) is 0 Å². The minimum atomic E-state index is -0.0130. The Balaban J connectivity index is 1.17. The van der Waals surface area contributed by atoms with Gasteiger partial charge in [-0.3, -0.25) is 0 Å². The van der Waals surface area contributed by atoms with Crippen LogP contribution in [-0.4, -0.2) is 4.57 Å². The molecule has 0 aliphatic carbocycles. The van der Waals surface area contributed by atoms with Crippen molar-refractivity contribution < 1.29 is 0 Å². The number of nitrogens with zero attached hydrogens (tertiary/aromatic N) is 2. The molecule has 0 atom stereocenters. The summed E-state index contributed by atoms with van der Waals surface area (Å²) >= 11 is 0. The van der Waals surface area contributed by atoms with Gasteiger partial charge in [0.1, 0.15) is 0 Å². The van der Waals surface area contributed by atoms with Gasteiger partial charge in [0.25, 0.3) is 0 Å². The molecule has 0 fully saturated rings. The van der Waals surface area contributed by atoms with Crippen LogP contribution < -0.4 is 4.90 Å². The lowest BCUT2D eigenvalue weighted by Crippen LogP contribution is -2.16. The van der Waals surface area contributed by atoms with Crippen molar-refractivity contribution in [3.8, 4) is 50.2 Å². The summed E-state index contributed by atoms with van der Waals surface area (Å²) in [5.74, 6) is 0. The maximum absolute atomic E-state index is 2.49. The van der Waals surface area contributed by atoms with Crippen LogP contribution in [-0.2, 0) is 10.8 Å². The summed E-state index contributed by atoms with van der Waals surface area (Å²) < 4.78 is 2.43. The zero-order valence-electron chi connectivity index (χ0n) is 39.8. The Morgan fingerprint density at radius 3 is 1.57 bits per heavy atom. The summed E-state index contributed by atoms with van der Waals surface area (Å²) in [5, 5.41) is 4.94. The van der Waals surface area contributed by atoms with Gasteiger partial charge in [-0.1, -0.05) is 230 Å². The van der Waals surface area contributed by atoms with E-state index in [1.165, 1.54) is 71.5 Å². The molecule has 1 heterocycles. The topological polar surface area (TPSA) is 8.17 Å². The van der Waals surface area contributed by atoms with Gasteiger partial charge in [0.15, 0.2) is 0 Å². The van der Waals surface area contributed by atoms with E-state index in [1.807, 2.05) is 0 Å². The van der Waals surface area contributed by atoms with Crippen LogP contribution >= 0.6 is 0 Å². The van der Waals surface area contributed by atoms with Crippen LogP contribution in [0.15, 0.2) is 231 Å². The molecule has 0 radical (unpaired) electrons. The van der Waals surface area contributed by atoms with Crippen molar-refractivity contribution in [1.29, 1.82) is 0 Å². The van der Waals surface area contributed by atoms with E-state index >= 15 is 0 Å². The second-order valence-corrected chi connectivity index (χ2v) is 20.2. The number of fused-ring (bicyclic) bond motifs is 4. The lowest BCUT2D eigenvalue weighted by Gasteiger charge is -2.30. The van der Waals surface area contributed by atoms with Gasteiger partial charge in [-0.15, -0.1) is 0 Å². The van der Waals surface area contributed by atoms with E-state index < -0.39 is 0 Å². The fourth-order valence-corrected chi connectivity index (χ4v) is 10.2. The average molecular weight is 877 g/mol. The molecule has 0 saturated heterocycles. The molecule has 11 aromatic rings. The zero-order valence-corrected chi connectivity index (χ0v) is 39.8. The Kier molecular flexibility index (Phi) is 10.7. The van der Waals surface area contributed by atoms with Crippen LogP contribution in [0.25, 0.3) is 82.8 Å². The molecule has 0 N–H and O–H groups in total. The fraction of sp³-hybridized carbons (Fsp3) is 0.121. The monoisotopic (exact) mass is 876 g/mol. The van der Waals surface area contributed by atoms with Gasteiger partial charge in [-0.05, 0) is 103 Å². The molecule has 0 saturated carbocycles. The van der Waals surface area contributed by atoms with Gasteiger partial charge in [0, 0.05) is 38.8 Å². The summed E-state index contributed by atoms with van der Waals surface area (Å²) in [6.45, 7) is 13.9. The number of benzene rings is 10. The predicted molar refractivity (Wildman–Crippen MR) is 292 cm³/mol. The maximum atomic E-state index is 2.49. The highest BCUT2D eigenvalue weighted by atomic mass is 15.1. The van der Waals surface area contributed by atoms with E-state index in [-0.39, 0.29) is 10.8 Å². The number of anilines is 3. The summed E-state index contributed by atoms with van der Waals surface area (Å²) in [4.78, 5) is 2.49. The quantitative estimate of drug-likeness (QED) is 0.148. The Bertz CT molecular complexity index is 3600. The van der Waals surface area contributed by atoms with Gasteiger partial charge >= 0.3 is 0 Å². The summed E-state index contributed by atoms with van der Waals surface area (Å²) in [6, 6.07) is 85.0. The molecule has 0 bridgehead atoms. The third kappa shape index (κ3) is 7.66. The number of hydrogen-bond donors (Lipinski definition) is 0. The highest BCUT2D eigenvalue weighted by Crippen LogP contribution is 2.49. The van der Waals surface area contributed by atoms with Crippen LogP contribution in [0.3, 0.4) is 0 Å². The van der Waals surface area contributed by atoms with Crippen molar-refractivity contribution in [2.45, 2.75) is 52.4 Å². The normalized spacial score (nSPS) is 12.0. The van der Waals surface area contributed by atoms with Crippen molar-refractivity contribution in [1.82, 2.24) is 4.57 Å². The number of para-hydroxylation sites is 5. The van der Waals surface area contributed by atoms with Crippen molar-refractivity contribution >= 4 is 49.6 Å². The van der Waals surface area contributed by atoms with Crippen LogP contribution in [0, 0.1) is 0 Å². The van der Waals surface area contributed by atoms with E-state index in [2.05, 4.69) is 282 Å². The number of rotatable bonds is 8. The minimum Gasteiger partial charge on any atom is -0.309 e. The first-order valence-electron chi connectivity index (χ1n) is 23.9. The molecule has 11 rings (SSSR count).